The van der Waals surface area contributed by atoms with Crippen molar-refractivity contribution in [3.63, 3.8) is 0 Å². The van der Waals surface area contributed by atoms with Gasteiger partial charge in [-0.15, -0.1) is 0 Å². The minimum Gasteiger partial charge on any atom is -0.399 e. The molecule has 5 nitrogen and oxygen atoms in total. The summed E-state index contributed by atoms with van der Waals surface area (Å²) >= 11 is 0. The maximum Gasteiger partial charge on any atom is 0.466 e. The van der Waals surface area contributed by atoms with Gasteiger partial charge < -0.3 is 20.4 Å². The molecule has 0 amide bonds. The summed E-state index contributed by atoms with van der Waals surface area (Å²) < 4.78 is 8.88. The third kappa shape index (κ3) is 7.76. The normalized spacial score (nSPS) is 10.4. The fourth-order valence-electron chi connectivity index (χ4n) is 0.826. The fourth-order valence-corrected chi connectivity index (χ4v) is 0.826. The highest BCUT2D eigenvalue weighted by molar-refractivity contribution is 7.45. The Bertz CT molecular complexity index is 339. The quantitative estimate of drug-likeness (QED) is 0.384. The summed E-state index contributed by atoms with van der Waals surface area (Å²) in [5.41, 5.74) is 8.89. The lowest BCUT2D eigenvalue weighted by Crippen LogP contribution is -1.88. The number of benzene rings is 1. The standard InChI is InChI=1S/C8H11N.H3O4P/c1-6-3-4-8(9)7(2)5-6;1-5(2,3)4/h3-5H,9H2,1-2H3;(H3,1,2,3,4). The molecule has 0 radical (unpaired) electrons. The van der Waals surface area contributed by atoms with E-state index in [-0.39, 0.29) is 0 Å². The highest BCUT2D eigenvalue weighted by Gasteiger charge is 2.00. The van der Waals surface area contributed by atoms with Crippen LogP contribution in [0.2, 0.25) is 0 Å². The minimum atomic E-state index is -4.64. The average Bonchev–Trinajstić information content (AvgIpc) is 1.94. The molecule has 0 atom stereocenters. The van der Waals surface area contributed by atoms with Gasteiger partial charge >= 0.3 is 7.82 Å². The molecule has 0 aliphatic rings. The molecule has 0 aromatic heterocycles. The van der Waals surface area contributed by atoms with Crippen molar-refractivity contribution in [2.45, 2.75) is 13.8 Å². The smallest absolute Gasteiger partial charge is 0.399 e. The highest BCUT2D eigenvalue weighted by atomic mass is 31.2. The van der Waals surface area contributed by atoms with E-state index in [0.717, 1.165) is 11.3 Å². The van der Waals surface area contributed by atoms with E-state index in [0.29, 0.717) is 0 Å². The lowest BCUT2D eigenvalue weighted by molar-refractivity contribution is 0.275. The molecule has 0 unspecified atom stereocenters. The largest absolute Gasteiger partial charge is 0.466 e. The van der Waals surface area contributed by atoms with Crippen LogP contribution in [0.3, 0.4) is 0 Å². The Labute approximate surface area is 82.4 Å². The molecule has 6 heteroatoms. The Morgan fingerprint density at radius 1 is 1.21 bits per heavy atom. The zero-order valence-electron chi connectivity index (χ0n) is 8.01. The summed E-state index contributed by atoms with van der Waals surface area (Å²) in [6.07, 6.45) is 0. The summed E-state index contributed by atoms with van der Waals surface area (Å²) in [5.74, 6) is 0. The third-order valence-electron chi connectivity index (χ3n) is 1.43. The zero-order chi connectivity index (χ0) is 11.4. The SMILES string of the molecule is Cc1ccc(N)c(C)c1.O=P(O)(O)O. The predicted octanol–water partition coefficient (Wildman–Crippen LogP) is 0.957. The first kappa shape index (κ1) is 13.1. The summed E-state index contributed by atoms with van der Waals surface area (Å²) in [5, 5.41) is 0. The molecule has 0 saturated carbocycles. The van der Waals surface area contributed by atoms with Gasteiger partial charge in [0.2, 0.25) is 0 Å². The Balaban J connectivity index is 0.000000292. The van der Waals surface area contributed by atoms with Gasteiger partial charge in [0.25, 0.3) is 0 Å². The zero-order valence-corrected chi connectivity index (χ0v) is 8.90. The molecule has 5 N–H and O–H groups in total. The van der Waals surface area contributed by atoms with Gasteiger partial charge in [-0.3, -0.25) is 0 Å². The lowest BCUT2D eigenvalue weighted by atomic mass is 10.1. The summed E-state index contributed by atoms with van der Waals surface area (Å²) in [6, 6.07) is 6.03. The number of hydrogen-bond donors (Lipinski definition) is 4. The molecule has 1 aromatic carbocycles. The Hall–Kier alpha value is -0.870. The molecule has 0 bridgehead atoms. The number of anilines is 1. The Kier molecular flexibility index (Phi) is 4.80. The van der Waals surface area contributed by atoms with Crippen LogP contribution in [-0.2, 0) is 4.57 Å². The first-order chi connectivity index (χ1) is 6.20. The number of nitrogens with two attached hydrogens (primary N) is 1. The molecule has 1 rings (SSSR count). The van der Waals surface area contributed by atoms with Gasteiger partial charge in [0, 0.05) is 5.69 Å². The van der Waals surface area contributed by atoms with Crippen molar-refractivity contribution < 1.29 is 19.2 Å². The molecular weight excluding hydrogens is 205 g/mol. The number of aryl methyl sites for hydroxylation is 2. The summed E-state index contributed by atoms with van der Waals surface area (Å²) in [7, 11) is -4.64. The van der Waals surface area contributed by atoms with Crippen molar-refractivity contribution >= 4 is 13.5 Å². The first-order valence-corrected chi connectivity index (χ1v) is 5.37. The predicted molar refractivity (Wildman–Crippen MR) is 54.6 cm³/mol. The van der Waals surface area contributed by atoms with Crippen LogP contribution < -0.4 is 5.73 Å². The lowest BCUT2D eigenvalue weighted by Gasteiger charge is -1.98. The van der Waals surface area contributed by atoms with E-state index in [1.165, 1.54) is 5.56 Å². The van der Waals surface area contributed by atoms with E-state index in [1.807, 2.05) is 19.1 Å². The van der Waals surface area contributed by atoms with E-state index in [4.69, 9.17) is 25.0 Å². The molecule has 0 aliphatic heterocycles. The van der Waals surface area contributed by atoms with Gasteiger partial charge in [-0.05, 0) is 25.5 Å². The second-order valence-corrected chi connectivity index (χ2v) is 3.90. The Morgan fingerprint density at radius 2 is 1.64 bits per heavy atom. The minimum absolute atomic E-state index is 0.876. The van der Waals surface area contributed by atoms with Crippen LogP contribution in [0.15, 0.2) is 18.2 Å². The maximum atomic E-state index is 8.88. The molecular formula is C8H14NO4P. The monoisotopic (exact) mass is 219 g/mol. The van der Waals surface area contributed by atoms with Crippen LogP contribution >= 0.6 is 7.82 Å². The average molecular weight is 219 g/mol. The van der Waals surface area contributed by atoms with E-state index >= 15 is 0 Å². The molecule has 0 fully saturated rings. The van der Waals surface area contributed by atoms with Gasteiger partial charge in [-0.2, -0.15) is 0 Å². The second kappa shape index (κ2) is 5.12. The van der Waals surface area contributed by atoms with Crippen molar-refractivity contribution in [3.8, 4) is 0 Å². The van der Waals surface area contributed by atoms with E-state index < -0.39 is 7.82 Å². The maximum absolute atomic E-state index is 8.88. The van der Waals surface area contributed by atoms with Crippen LogP contribution in [0.25, 0.3) is 0 Å². The molecule has 80 valence electrons. The molecule has 0 spiro atoms. The van der Waals surface area contributed by atoms with Crippen LogP contribution in [0, 0.1) is 13.8 Å². The molecule has 0 aliphatic carbocycles. The molecule has 0 saturated heterocycles. The first-order valence-electron chi connectivity index (χ1n) is 3.81. The van der Waals surface area contributed by atoms with Crippen LogP contribution in [-0.4, -0.2) is 14.7 Å². The number of nitrogen functional groups attached to an aromatic ring is 1. The summed E-state index contributed by atoms with van der Waals surface area (Å²) in [4.78, 5) is 21.6. The van der Waals surface area contributed by atoms with Crippen LogP contribution in [0.4, 0.5) is 5.69 Å². The molecule has 14 heavy (non-hydrogen) atoms. The van der Waals surface area contributed by atoms with E-state index in [1.54, 1.807) is 0 Å². The number of phosphoric acid groups is 1. The van der Waals surface area contributed by atoms with Gasteiger partial charge in [0.05, 0.1) is 0 Å². The van der Waals surface area contributed by atoms with E-state index in [9.17, 15) is 0 Å². The van der Waals surface area contributed by atoms with Crippen molar-refractivity contribution in [3.05, 3.63) is 29.3 Å². The highest BCUT2D eigenvalue weighted by Crippen LogP contribution is 2.25. The van der Waals surface area contributed by atoms with Crippen molar-refractivity contribution in [1.82, 2.24) is 0 Å². The van der Waals surface area contributed by atoms with Crippen molar-refractivity contribution in [2.24, 2.45) is 0 Å². The van der Waals surface area contributed by atoms with Crippen LogP contribution in [0.5, 0.6) is 0 Å². The van der Waals surface area contributed by atoms with Crippen molar-refractivity contribution in [2.75, 3.05) is 5.73 Å². The van der Waals surface area contributed by atoms with Crippen LogP contribution in [0.1, 0.15) is 11.1 Å². The van der Waals surface area contributed by atoms with Gasteiger partial charge in [-0.25, -0.2) is 4.57 Å². The van der Waals surface area contributed by atoms with E-state index in [2.05, 4.69) is 13.0 Å². The van der Waals surface area contributed by atoms with Crippen molar-refractivity contribution in [1.29, 1.82) is 0 Å². The molecule has 0 heterocycles. The molecule has 1 aromatic rings. The number of rotatable bonds is 0. The topological polar surface area (TPSA) is 104 Å². The van der Waals surface area contributed by atoms with Gasteiger partial charge in [0.15, 0.2) is 0 Å². The fraction of sp³-hybridized carbons (Fsp3) is 0.250. The number of hydrogen-bond acceptors (Lipinski definition) is 2. The Morgan fingerprint density at radius 3 is 1.93 bits per heavy atom. The second-order valence-electron chi connectivity index (χ2n) is 2.87. The summed E-state index contributed by atoms with van der Waals surface area (Å²) in [6.45, 7) is 4.08. The third-order valence-corrected chi connectivity index (χ3v) is 1.43. The van der Waals surface area contributed by atoms with Gasteiger partial charge in [-0.1, -0.05) is 17.7 Å². The van der Waals surface area contributed by atoms with Gasteiger partial charge in [0.1, 0.15) is 0 Å².